The topological polar surface area (TPSA) is 106 Å². The van der Waals surface area contributed by atoms with Gasteiger partial charge in [-0.1, -0.05) is 6.07 Å². The molecule has 1 N–H and O–H groups in total. The van der Waals surface area contributed by atoms with E-state index in [2.05, 4.69) is 20.2 Å². The highest BCUT2D eigenvalue weighted by atomic mass is 16.4. The first-order valence-electron chi connectivity index (χ1n) is 9.48. The minimum absolute atomic E-state index is 0.285. The van der Waals surface area contributed by atoms with Crippen LogP contribution in [0.4, 0.5) is 0 Å². The molecule has 0 saturated heterocycles. The van der Waals surface area contributed by atoms with E-state index in [0.29, 0.717) is 17.4 Å². The van der Waals surface area contributed by atoms with Gasteiger partial charge in [-0.2, -0.15) is 0 Å². The molecule has 144 valence electrons. The lowest BCUT2D eigenvalue weighted by molar-refractivity contribution is -0.139. The van der Waals surface area contributed by atoms with E-state index in [9.17, 15) is 9.90 Å². The number of pyridine rings is 2. The third-order valence-corrected chi connectivity index (χ3v) is 5.14. The molecule has 0 radical (unpaired) electrons. The third kappa shape index (κ3) is 3.33. The molecule has 4 aromatic heterocycles. The summed E-state index contributed by atoms with van der Waals surface area (Å²) in [5, 5.41) is 18.5. The molecule has 0 spiro atoms. The van der Waals surface area contributed by atoms with Crippen LogP contribution in [0.25, 0.3) is 16.9 Å². The Hall–Kier alpha value is -3.68. The van der Waals surface area contributed by atoms with Crippen molar-refractivity contribution >= 4 is 11.6 Å². The first kappa shape index (κ1) is 17.4. The van der Waals surface area contributed by atoms with Crippen LogP contribution in [0.3, 0.4) is 0 Å². The van der Waals surface area contributed by atoms with Gasteiger partial charge >= 0.3 is 5.97 Å². The zero-order chi connectivity index (χ0) is 19.8. The lowest BCUT2D eigenvalue weighted by atomic mass is 10.00. The second-order valence-electron chi connectivity index (χ2n) is 7.24. The van der Waals surface area contributed by atoms with Crippen LogP contribution >= 0.6 is 0 Å². The van der Waals surface area contributed by atoms with E-state index in [0.717, 1.165) is 35.4 Å². The zero-order valence-electron chi connectivity index (χ0n) is 15.5. The molecule has 5 rings (SSSR count). The van der Waals surface area contributed by atoms with Crippen LogP contribution in [0.2, 0.25) is 0 Å². The molecule has 1 aliphatic rings. The number of carboxylic acids is 1. The first-order chi connectivity index (χ1) is 14.2. The first-order valence-corrected chi connectivity index (χ1v) is 9.48. The molecule has 29 heavy (non-hydrogen) atoms. The van der Waals surface area contributed by atoms with Gasteiger partial charge in [-0.05, 0) is 43.0 Å². The Morgan fingerprint density at radius 2 is 1.93 bits per heavy atom. The molecule has 1 fully saturated rings. The molecule has 4 aromatic rings. The summed E-state index contributed by atoms with van der Waals surface area (Å²) in [6, 6.07) is 7.45. The van der Waals surface area contributed by atoms with Gasteiger partial charge in [-0.15, -0.1) is 10.2 Å². The summed E-state index contributed by atoms with van der Waals surface area (Å²) < 4.78 is 1.79. The van der Waals surface area contributed by atoms with Crippen LogP contribution in [0.5, 0.6) is 0 Å². The molecule has 8 nitrogen and oxygen atoms in total. The number of nitrogens with zero attached hydrogens (tertiary/aromatic N) is 6. The fourth-order valence-corrected chi connectivity index (χ4v) is 3.50. The van der Waals surface area contributed by atoms with E-state index in [1.54, 1.807) is 35.3 Å². The summed E-state index contributed by atoms with van der Waals surface area (Å²) in [7, 11) is 0. The van der Waals surface area contributed by atoms with Crippen molar-refractivity contribution in [2.24, 2.45) is 0 Å². The van der Waals surface area contributed by atoms with E-state index in [1.165, 1.54) is 0 Å². The standard InChI is InChI=1S/C21H18N6O2/c28-21(29)16(9-13-3-1-7-22-10-13)19-25-26-20-18(14-5-6-14)24-17(12-27(19)20)15-4-2-8-23-11-15/h1-4,7-8,10-12,14,16H,5-6,9H2,(H,28,29). The van der Waals surface area contributed by atoms with Crippen molar-refractivity contribution in [1.82, 2.24) is 29.5 Å². The van der Waals surface area contributed by atoms with Crippen molar-refractivity contribution < 1.29 is 9.90 Å². The molecular weight excluding hydrogens is 368 g/mol. The highest BCUT2D eigenvalue weighted by Gasteiger charge is 2.32. The fourth-order valence-electron chi connectivity index (χ4n) is 3.50. The minimum Gasteiger partial charge on any atom is -0.481 e. The van der Waals surface area contributed by atoms with Crippen LogP contribution in [0, 0.1) is 0 Å². The fraction of sp³-hybridized carbons (Fsp3) is 0.238. The van der Waals surface area contributed by atoms with Crippen LogP contribution in [0.1, 0.15) is 41.8 Å². The molecule has 1 saturated carbocycles. The second-order valence-corrected chi connectivity index (χ2v) is 7.24. The van der Waals surface area contributed by atoms with E-state index in [4.69, 9.17) is 4.98 Å². The van der Waals surface area contributed by atoms with Crippen LogP contribution in [0.15, 0.2) is 55.2 Å². The number of carbonyl (C=O) groups is 1. The predicted molar refractivity (Wildman–Crippen MR) is 104 cm³/mol. The molecule has 0 aliphatic heterocycles. The van der Waals surface area contributed by atoms with Crippen molar-refractivity contribution in [3.05, 3.63) is 72.3 Å². The molecule has 8 heteroatoms. The van der Waals surface area contributed by atoms with Crippen molar-refractivity contribution in [3.63, 3.8) is 0 Å². The lowest BCUT2D eigenvalue weighted by Crippen LogP contribution is -2.18. The predicted octanol–water partition coefficient (Wildman–Crippen LogP) is 2.87. The van der Waals surface area contributed by atoms with Gasteiger partial charge in [0.1, 0.15) is 5.92 Å². The average molecular weight is 386 g/mol. The Bertz CT molecular complexity index is 1170. The van der Waals surface area contributed by atoms with E-state index >= 15 is 0 Å². The maximum atomic E-state index is 12.1. The molecule has 0 aromatic carbocycles. The van der Waals surface area contributed by atoms with Gasteiger partial charge < -0.3 is 5.11 Å². The Morgan fingerprint density at radius 1 is 1.14 bits per heavy atom. The zero-order valence-corrected chi connectivity index (χ0v) is 15.5. The normalized spacial score (nSPS) is 14.8. The Kier molecular flexibility index (Phi) is 4.23. The van der Waals surface area contributed by atoms with Crippen molar-refractivity contribution in [3.8, 4) is 11.3 Å². The van der Waals surface area contributed by atoms with Crippen molar-refractivity contribution in [1.29, 1.82) is 0 Å². The number of hydrogen-bond donors (Lipinski definition) is 1. The SMILES string of the molecule is O=C(O)C(Cc1cccnc1)c1nnc2c(C3CC3)nc(-c3cccnc3)cn12. The quantitative estimate of drug-likeness (QED) is 0.543. The number of rotatable bonds is 6. The van der Waals surface area contributed by atoms with E-state index < -0.39 is 11.9 Å². The van der Waals surface area contributed by atoms with Crippen LogP contribution < -0.4 is 0 Å². The summed E-state index contributed by atoms with van der Waals surface area (Å²) in [6.45, 7) is 0. The Balaban J connectivity index is 1.65. The van der Waals surface area contributed by atoms with E-state index in [-0.39, 0.29) is 6.42 Å². The minimum atomic E-state index is -0.948. The summed E-state index contributed by atoms with van der Waals surface area (Å²) in [6.07, 6.45) is 11.0. The van der Waals surface area contributed by atoms with Gasteiger partial charge in [0.05, 0.1) is 11.4 Å². The monoisotopic (exact) mass is 386 g/mol. The summed E-state index contributed by atoms with van der Waals surface area (Å²) in [5.41, 5.74) is 3.94. The molecule has 0 bridgehead atoms. The highest BCUT2D eigenvalue weighted by Crippen LogP contribution is 2.41. The maximum Gasteiger partial charge on any atom is 0.314 e. The Morgan fingerprint density at radius 3 is 2.59 bits per heavy atom. The number of carboxylic acid groups (broad SMARTS) is 1. The van der Waals surface area contributed by atoms with Gasteiger partial charge in [0.2, 0.25) is 0 Å². The molecule has 1 aliphatic carbocycles. The van der Waals surface area contributed by atoms with Gasteiger partial charge in [-0.3, -0.25) is 19.2 Å². The number of fused-ring (bicyclic) bond motifs is 1. The van der Waals surface area contributed by atoms with Gasteiger partial charge in [0, 0.05) is 42.5 Å². The highest BCUT2D eigenvalue weighted by molar-refractivity contribution is 5.76. The largest absolute Gasteiger partial charge is 0.481 e. The van der Waals surface area contributed by atoms with Crippen molar-refractivity contribution in [2.75, 3.05) is 0 Å². The molecule has 0 amide bonds. The number of aliphatic carboxylic acids is 1. The molecule has 1 atom stereocenters. The number of aromatic nitrogens is 6. The summed E-state index contributed by atoms with van der Waals surface area (Å²) >= 11 is 0. The third-order valence-electron chi connectivity index (χ3n) is 5.14. The average Bonchev–Trinajstić information content (AvgIpc) is 3.52. The Labute approximate surface area is 166 Å². The second kappa shape index (κ2) is 7.05. The number of hydrogen-bond acceptors (Lipinski definition) is 6. The smallest absolute Gasteiger partial charge is 0.314 e. The molecule has 4 heterocycles. The maximum absolute atomic E-state index is 12.1. The van der Waals surface area contributed by atoms with Crippen molar-refractivity contribution in [2.45, 2.75) is 31.1 Å². The van der Waals surface area contributed by atoms with Gasteiger partial charge in [-0.25, -0.2) is 4.98 Å². The summed E-state index contributed by atoms with van der Waals surface area (Å²) in [5.74, 6) is -1.06. The molecule has 1 unspecified atom stereocenters. The van der Waals surface area contributed by atoms with Gasteiger partial charge in [0.15, 0.2) is 11.5 Å². The van der Waals surface area contributed by atoms with Crippen LogP contribution in [-0.2, 0) is 11.2 Å². The van der Waals surface area contributed by atoms with Crippen LogP contribution in [-0.4, -0.2) is 40.6 Å². The molecular formula is C21H18N6O2. The van der Waals surface area contributed by atoms with Gasteiger partial charge in [0.25, 0.3) is 0 Å². The lowest BCUT2D eigenvalue weighted by Gasteiger charge is -2.12. The van der Waals surface area contributed by atoms with E-state index in [1.807, 2.05) is 24.4 Å². The summed E-state index contributed by atoms with van der Waals surface area (Å²) in [4.78, 5) is 25.2.